The van der Waals surface area contributed by atoms with Gasteiger partial charge in [-0.2, -0.15) is 0 Å². The Labute approximate surface area is 186 Å². The van der Waals surface area contributed by atoms with Crippen LogP contribution in [0.15, 0.2) is 77.6 Å². The summed E-state index contributed by atoms with van der Waals surface area (Å²) in [5.41, 5.74) is 2.80. The number of para-hydroxylation sites is 1. The van der Waals surface area contributed by atoms with Crippen molar-refractivity contribution in [2.75, 3.05) is 31.1 Å². The molecule has 0 bridgehead atoms. The fraction of sp³-hybridized carbons (Fsp3) is 0.240. The van der Waals surface area contributed by atoms with Crippen LogP contribution in [0, 0.1) is 0 Å². The highest BCUT2D eigenvalue weighted by molar-refractivity contribution is 6.31. The molecule has 0 aliphatic carbocycles. The van der Waals surface area contributed by atoms with E-state index in [-0.39, 0.29) is 5.56 Å². The number of piperazine rings is 1. The summed E-state index contributed by atoms with van der Waals surface area (Å²) in [4.78, 5) is 17.6. The molecule has 1 fully saturated rings. The molecular weight excluding hydrogens is 408 g/mol. The molecular formula is C25H25ClN4O. The number of hydrogen-bond acceptors (Lipinski definition) is 3. The van der Waals surface area contributed by atoms with Crippen molar-refractivity contribution in [2.45, 2.75) is 6.54 Å². The molecule has 0 saturated carbocycles. The molecule has 1 aliphatic rings. The summed E-state index contributed by atoms with van der Waals surface area (Å²) in [6.07, 6.45) is 0. The summed E-state index contributed by atoms with van der Waals surface area (Å²) < 4.78 is 3.53. The monoisotopic (exact) mass is 432 g/mol. The quantitative estimate of drug-likeness (QED) is 0.482. The molecule has 0 unspecified atom stereocenters. The van der Waals surface area contributed by atoms with Gasteiger partial charge in [-0.25, -0.2) is 4.68 Å². The average Bonchev–Trinajstić information content (AvgIpc) is 3.03. The second-order valence-corrected chi connectivity index (χ2v) is 8.38. The van der Waals surface area contributed by atoms with Crippen molar-refractivity contribution in [3.05, 3.63) is 93.9 Å². The number of fused-ring (bicyclic) bond motifs is 1. The lowest BCUT2D eigenvalue weighted by atomic mass is 10.1. The Morgan fingerprint density at radius 2 is 1.52 bits per heavy atom. The third kappa shape index (κ3) is 3.64. The van der Waals surface area contributed by atoms with E-state index in [4.69, 9.17) is 11.6 Å². The largest absolute Gasteiger partial charge is 0.368 e. The van der Waals surface area contributed by atoms with Crippen LogP contribution in [0.5, 0.6) is 0 Å². The molecule has 0 radical (unpaired) electrons. The molecule has 1 aliphatic heterocycles. The average molecular weight is 433 g/mol. The highest BCUT2D eigenvalue weighted by Crippen LogP contribution is 2.28. The number of hydrogen-bond donors (Lipinski definition) is 0. The lowest BCUT2D eigenvalue weighted by molar-refractivity contribution is 0.243. The van der Waals surface area contributed by atoms with Crippen LogP contribution >= 0.6 is 11.6 Å². The molecule has 6 heteroatoms. The van der Waals surface area contributed by atoms with Crippen LogP contribution in [0.3, 0.4) is 0 Å². The van der Waals surface area contributed by atoms with Gasteiger partial charge in [0.1, 0.15) is 5.02 Å². The Bertz CT molecular complexity index is 1260. The van der Waals surface area contributed by atoms with E-state index in [1.54, 1.807) is 4.68 Å². The first-order chi connectivity index (χ1) is 15.1. The number of aromatic nitrogens is 2. The summed E-state index contributed by atoms with van der Waals surface area (Å²) >= 11 is 6.49. The van der Waals surface area contributed by atoms with E-state index < -0.39 is 0 Å². The number of rotatable bonds is 4. The van der Waals surface area contributed by atoms with Gasteiger partial charge in [0.2, 0.25) is 0 Å². The third-order valence-corrected chi connectivity index (χ3v) is 6.56. The summed E-state index contributed by atoms with van der Waals surface area (Å²) in [7, 11) is 1.90. The molecule has 31 heavy (non-hydrogen) atoms. The van der Waals surface area contributed by atoms with Gasteiger partial charge >= 0.3 is 0 Å². The predicted octanol–water partition coefficient (Wildman–Crippen LogP) is 4.30. The first kappa shape index (κ1) is 19.9. The van der Waals surface area contributed by atoms with Crippen molar-refractivity contribution < 1.29 is 0 Å². The van der Waals surface area contributed by atoms with Gasteiger partial charge in [0, 0.05) is 50.8 Å². The van der Waals surface area contributed by atoms with Crippen LogP contribution in [0.25, 0.3) is 16.5 Å². The van der Waals surface area contributed by atoms with Gasteiger partial charge in [0.25, 0.3) is 5.56 Å². The zero-order valence-electron chi connectivity index (χ0n) is 17.5. The first-order valence-electron chi connectivity index (χ1n) is 10.6. The van der Waals surface area contributed by atoms with E-state index in [2.05, 4.69) is 52.3 Å². The van der Waals surface area contributed by atoms with Crippen LogP contribution in [0.4, 0.5) is 5.69 Å². The number of halogens is 1. The maximum Gasteiger partial charge on any atom is 0.290 e. The Hall–Kier alpha value is -3.02. The number of anilines is 1. The lowest BCUT2D eigenvalue weighted by Crippen LogP contribution is -2.46. The summed E-state index contributed by atoms with van der Waals surface area (Å²) in [5.74, 6) is 0. The number of benzene rings is 3. The minimum atomic E-state index is -0.167. The molecule has 158 valence electrons. The molecule has 0 atom stereocenters. The fourth-order valence-corrected chi connectivity index (χ4v) is 4.75. The second-order valence-electron chi connectivity index (χ2n) is 8.00. The Morgan fingerprint density at radius 3 is 2.29 bits per heavy atom. The Balaban J connectivity index is 1.34. The van der Waals surface area contributed by atoms with E-state index in [0.717, 1.165) is 37.6 Å². The van der Waals surface area contributed by atoms with E-state index in [0.29, 0.717) is 11.6 Å². The van der Waals surface area contributed by atoms with E-state index in [9.17, 15) is 4.79 Å². The smallest absolute Gasteiger partial charge is 0.290 e. The third-order valence-electron chi connectivity index (χ3n) is 6.18. The minimum Gasteiger partial charge on any atom is -0.368 e. The summed E-state index contributed by atoms with van der Waals surface area (Å²) in [6.45, 7) is 4.39. The van der Waals surface area contributed by atoms with Crippen molar-refractivity contribution in [3.63, 3.8) is 0 Å². The SMILES string of the molecule is Cn1c(CN2CCN(c3cccc4ccccc34)CC2)c(Cl)c(=O)n1-c1ccccc1. The zero-order chi connectivity index (χ0) is 21.4. The molecule has 3 aromatic carbocycles. The molecule has 1 saturated heterocycles. The molecule has 5 rings (SSSR count). The standard InChI is InChI=1S/C25H25ClN4O/c1-27-23(24(26)25(31)30(27)20-10-3-2-4-11-20)18-28-14-16-29(17-15-28)22-13-7-9-19-8-5-6-12-21(19)22/h2-13H,14-18H2,1H3. The van der Waals surface area contributed by atoms with Crippen molar-refractivity contribution >= 4 is 28.1 Å². The summed E-state index contributed by atoms with van der Waals surface area (Å²) in [5, 5.41) is 2.87. The Kier molecular flexibility index (Phi) is 5.30. The maximum atomic E-state index is 12.8. The Morgan fingerprint density at radius 1 is 0.839 bits per heavy atom. The van der Waals surface area contributed by atoms with Crippen LogP contribution in [-0.4, -0.2) is 40.4 Å². The molecule has 0 spiro atoms. The minimum absolute atomic E-state index is 0.167. The van der Waals surface area contributed by atoms with Gasteiger partial charge < -0.3 is 4.90 Å². The highest BCUT2D eigenvalue weighted by atomic mass is 35.5. The molecule has 2 heterocycles. The van der Waals surface area contributed by atoms with Crippen molar-refractivity contribution in [1.82, 2.24) is 14.3 Å². The first-order valence-corrected chi connectivity index (χ1v) is 11.0. The molecule has 5 nitrogen and oxygen atoms in total. The second kappa shape index (κ2) is 8.25. The maximum absolute atomic E-state index is 12.8. The zero-order valence-corrected chi connectivity index (χ0v) is 18.3. The van der Waals surface area contributed by atoms with Gasteiger partial charge in [0.05, 0.1) is 11.4 Å². The van der Waals surface area contributed by atoms with Gasteiger partial charge in [-0.1, -0.05) is 66.2 Å². The van der Waals surface area contributed by atoms with E-state index in [1.165, 1.54) is 16.5 Å². The predicted molar refractivity (Wildman–Crippen MR) is 127 cm³/mol. The van der Waals surface area contributed by atoms with Crippen LogP contribution in [0.2, 0.25) is 5.02 Å². The van der Waals surface area contributed by atoms with Crippen molar-refractivity contribution in [1.29, 1.82) is 0 Å². The van der Waals surface area contributed by atoms with Gasteiger partial charge in [-0.3, -0.25) is 14.4 Å². The molecule has 0 N–H and O–H groups in total. The highest BCUT2D eigenvalue weighted by Gasteiger charge is 2.23. The topological polar surface area (TPSA) is 33.4 Å². The van der Waals surface area contributed by atoms with Crippen LogP contribution in [-0.2, 0) is 13.6 Å². The summed E-state index contributed by atoms with van der Waals surface area (Å²) in [6, 6.07) is 24.7. The molecule has 0 amide bonds. The van der Waals surface area contributed by atoms with Crippen molar-refractivity contribution in [2.24, 2.45) is 7.05 Å². The van der Waals surface area contributed by atoms with E-state index >= 15 is 0 Å². The molecule has 4 aromatic rings. The lowest BCUT2D eigenvalue weighted by Gasteiger charge is -2.36. The molecule has 1 aromatic heterocycles. The van der Waals surface area contributed by atoms with Crippen molar-refractivity contribution in [3.8, 4) is 5.69 Å². The van der Waals surface area contributed by atoms with Gasteiger partial charge in [0.15, 0.2) is 0 Å². The van der Waals surface area contributed by atoms with Crippen LogP contribution < -0.4 is 10.5 Å². The van der Waals surface area contributed by atoms with Crippen LogP contribution in [0.1, 0.15) is 5.69 Å². The fourth-order valence-electron chi connectivity index (χ4n) is 4.49. The van der Waals surface area contributed by atoms with Gasteiger partial charge in [-0.15, -0.1) is 0 Å². The normalized spacial score (nSPS) is 15.0. The van der Waals surface area contributed by atoms with Gasteiger partial charge in [-0.05, 0) is 23.6 Å². The number of nitrogens with zero attached hydrogens (tertiary/aromatic N) is 4. The van der Waals surface area contributed by atoms with E-state index in [1.807, 2.05) is 42.1 Å².